The number of anilines is 2. The second kappa shape index (κ2) is 6.79. The van der Waals surface area contributed by atoms with Crippen molar-refractivity contribution in [2.45, 2.75) is 55.0 Å². The molecule has 0 bridgehead atoms. The molecular formula is C13H19N7OS. The SMILES string of the molecule is C[C@@H](Sc1nc(N)nc(N)n1)C(=O)NC1(C#N)CCCCC1. The summed E-state index contributed by atoms with van der Waals surface area (Å²) in [5, 5.41) is 12.1. The first-order valence-electron chi connectivity index (χ1n) is 7.11. The lowest BCUT2D eigenvalue weighted by Gasteiger charge is -2.32. The Kier molecular flexibility index (Phi) is 5.03. The summed E-state index contributed by atoms with van der Waals surface area (Å²) in [4.78, 5) is 23.9. The first-order chi connectivity index (χ1) is 10.4. The quantitative estimate of drug-likeness (QED) is 0.692. The van der Waals surface area contributed by atoms with Gasteiger partial charge in [-0.3, -0.25) is 4.79 Å². The third-order valence-corrected chi connectivity index (χ3v) is 4.55. The van der Waals surface area contributed by atoms with Crippen molar-refractivity contribution >= 4 is 29.6 Å². The average molecular weight is 321 g/mol. The zero-order valence-electron chi connectivity index (χ0n) is 12.4. The van der Waals surface area contributed by atoms with Gasteiger partial charge in [-0.25, -0.2) is 0 Å². The molecule has 1 aromatic rings. The molecule has 1 heterocycles. The number of rotatable bonds is 4. The number of nitrogens with two attached hydrogens (primary N) is 2. The topological polar surface area (TPSA) is 144 Å². The average Bonchev–Trinajstić information content (AvgIpc) is 2.47. The third-order valence-electron chi connectivity index (χ3n) is 3.58. The maximum Gasteiger partial charge on any atom is 0.234 e. The van der Waals surface area contributed by atoms with Crippen LogP contribution in [0.15, 0.2) is 5.16 Å². The minimum Gasteiger partial charge on any atom is -0.368 e. The first-order valence-corrected chi connectivity index (χ1v) is 7.99. The number of thioether (sulfide) groups is 1. The van der Waals surface area contributed by atoms with Crippen LogP contribution in [0.3, 0.4) is 0 Å². The zero-order chi connectivity index (χ0) is 16.2. The number of aromatic nitrogens is 3. The van der Waals surface area contributed by atoms with E-state index in [0.717, 1.165) is 31.0 Å². The Morgan fingerprint density at radius 1 is 1.27 bits per heavy atom. The monoisotopic (exact) mass is 321 g/mol. The summed E-state index contributed by atoms with van der Waals surface area (Å²) in [6.45, 7) is 1.73. The molecule has 1 aliphatic rings. The Labute approximate surface area is 133 Å². The van der Waals surface area contributed by atoms with E-state index >= 15 is 0 Å². The van der Waals surface area contributed by atoms with E-state index in [2.05, 4.69) is 26.3 Å². The van der Waals surface area contributed by atoms with Gasteiger partial charge in [-0.1, -0.05) is 31.0 Å². The number of nitriles is 1. The van der Waals surface area contributed by atoms with Gasteiger partial charge in [0.2, 0.25) is 17.8 Å². The van der Waals surface area contributed by atoms with Crippen LogP contribution in [0, 0.1) is 11.3 Å². The third kappa shape index (κ3) is 3.98. The fourth-order valence-electron chi connectivity index (χ4n) is 2.41. The fraction of sp³-hybridized carbons (Fsp3) is 0.615. The Bertz CT molecular complexity index is 574. The number of hydrogen-bond donors (Lipinski definition) is 3. The summed E-state index contributed by atoms with van der Waals surface area (Å²) >= 11 is 1.13. The Morgan fingerprint density at radius 3 is 2.41 bits per heavy atom. The van der Waals surface area contributed by atoms with Crippen molar-refractivity contribution in [2.24, 2.45) is 0 Å². The molecule has 1 atom stereocenters. The van der Waals surface area contributed by atoms with Crippen LogP contribution in [-0.2, 0) is 4.79 Å². The Morgan fingerprint density at radius 2 is 1.86 bits per heavy atom. The van der Waals surface area contributed by atoms with E-state index in [-0.39, 0.29) is 17.8 Å². The number of carbonyl (C=O) groups excluding carboxylic acids is 1. The van der Waals surface area contributed by atoms with Gasteiger partial charge in [-0.2, -0.15) is 20.2 Å². The van der Waals surface area contributed by atoms with Crippen molar-refractivity contribution in [1.82, 2.24) is 20.3 Å². The van der Waals surface area contributed by atoms with Crippen molar-refractivity contribution in [3.8, 4) is 6.07 Å². The number of nitrogen functional groups attached to an aromatic ring is 2. The Hall–Kier alpha value is -2.08. The molecule has 0 unspecified atom stereocenters. The molecule has 0 aromatic carbocycles. The van der Waals surface area contributed by atoms with Crippen LogP contribution in [-0.4, -0.2) is 31.6 Å². The maximum absolute atomic E-state index is 12.3. The first kappa shape index (κ1) is 16.3. The van der Waals surface area contributed by atoms with Gasteiger partial charge in [-0.05, 0) is 19.8 Å². The molecule has 0 aliphatic heterocycles. The molecule has 0 saturated heterocycles. The molecule has 1 saturated carbocycles. The highest BCUT2D eigenvalue weighted by atomic mass is 32.2. The largest absolute Gasteiger partial charge is 0.368 e. The molecule has 8 nitrogen and oxygen atoms in total. The van der Waals surface area contributed by atoms with Gasteiger partial charge in [0.15, 0.2) is 5.16 Å². The Balaban J connectivity index is 2.01. The van der Waals surface area contributed by atoms with Crippen molar-refractivity contribution in [1.29, 1.82) is 5.26 Å². The van der Waals surface area contributed by atoms with Crippen LogP contribution in [0.1, 0.15) is 39.0 Å². The molecule has 1 aromatic heterocycles. The summed E-state index contributed by atoms with van der Waals surface area (Å²) in [7, 11) is 0. The van der Waals surface area contributed by atoms with E-state index in [0.29, 0.717) is 18.0 Å². The minimum atomic E-state index is -0.749. The molecule has 5 N–H and O–H groups in total. The smallest absolute Gasteiger partial charge is 0.234 e. The van der Waals surface area contributed by atoms with Gasteiger partial charge < -0.3 is 16.8 Å². The van der Waals surface area contributed by atoms with Crippen molar-refractivity contribution < 1.29 is 4.79 Å². The van der Waals surface area contributed by atoms with Gasteiger partial charge in [0.05, 0.1) is 11.3 Å². The van der Waals surface area contributed by atoms with Crippen LogP contribution >= 0.6 is 11.8 Å². The standard InChI is InChI=1S/C13H19N7OS/c1-8(22-12-18-10(15)17-11(16)19-12)9(21)20-13(7-14)5-3-2-4-6-13/h8H,2-6H2,1H3,(H,20,21)(H4,15,16,17,18,19)/t8-/m1/s1. The number of hydrogen-bond acceptors (Lipinski definition) is 8. The number of nitrogens with zero attached hydrogens (tertiary/aromatic N) is 4. The molecule has 0 spiro atoms. The summed E-state index contributed by atoms with van der Waals surface area (Å²) in [5.74, 6) is -0.183. The van der Waals surface area contributed by atoms with Crippen LogP contribution in [0.2, 0.25) is 0 Å². The van der Waals surface area contributed by atoms with E-state index in [4.69, 9.17) is 11.5 Å². The molecule has 2 rings (SSSR count). The number of amides is 1. The molecule has 1 aliphatic carbocycles. The van der Waals surface area contributed by atoms with Crippen LogP contribution < -0.4 is 16.8 Å². The second-order valence-electron chi connectivity index (χ2n) is 5.34. The summed E-state index contributed by atoms with van der Waals surface area (Å²) < 4.78 is 0. The van der Waals surface area contributed by atoms with E-state index < -0.39 is 10.8 Å². The van der Waals surface area contributed by atoms with E-state index in [9.17, 15) is 10.1 Å². The van der Waals surface area contributed by atoms with Gasteiger partial charge in [0, 0.05) is 0 Å². The van der Waals surface area contributed by atoms with E-state index in [1.165, 1.54) is 0 Å². The highest BCUT2D eigenvalue weighted by Crippen LogP contribution is 2.29. The molecule has 0 radical (unpaired) electrons. The lowest BCUT2D eigenvalue weighted by atomic mass is 9.83. The lowest BCUT2D eigenvalue weighted by molar-refractivity contribution is -0.121. The molecular weight excluding hydrogens is 302 g/mol. The van der Waals surface area contributed by atoms with Gasteiger partial charge in [0.25, 0.3) is 0 Å². The normalized spacial score (nSPS) is 18.2. The summed E-state index contributed by atoms with van der Waals surface area (Å²) in [6, 6.07) is 2.26. The van der Waals surface area contributed by atoms with Crippen molar-refractivity contribution in [3.63, 3.8) is 0 Å². The van der Waals surface area contributed by atoms with Crippen LogP contribution in [0.25, 0.3) is 0 Å². The number of carbonyl (C=O) groups is 1. The molecule has 1 fully saturated rings. The van der Waals surface area contributed by atoms with Gasteiger partial charge in [-0.15, -0.1) is 0 Å². The molecule has 1 amide bonds. The molecule has 9 heteroatoms. The van der Waals surface area contributed by atoms with Crippen LogP contribution in [0.4, 0.5) is 11.9 Å². The van der Waals surface area contributed by atoms with Crippen LogP contribution in [0.5, 0.6) is 0 Å². The highest BCUT2D eigenvalue weighted by Gasteiger charge is 2.35. The zero-order valence-corrected chi connectivity index (χ0v) is 13.2. The maximum atomic E-state index is 12.3. The molecule has 22 heavy (non-hydrogen) atoms. The second-order valence-corrected chi connectivity index (χ2v) is 6.65. The lowest BCUT2D eigenvalue weighted by Crippen LogP contribution is -2.50. The van der Waals surface area contributed by atoms with Gasteiger partial charge in [0.1, 0.15) is 5.54 Å². The predicted octanol–water partition coefficient (Wildman–Crippen LogP) is 0.859. The van der Waals surface area contributed by atoms with Crippen molar-refractivity contribution in [3.05, 3.63) is 0 Å². The highest BCUT2D eigenvalue weighted by molar-refractivity contribution is 8.00. The molecule has 118 valence electrons. The fourth-order valence-corrected chi connectivity index (χ4v) is 3.18. The van der Waals surface area contributed by atoms with Crippen molar-refractivity contribution in [2.75, 3.05) is 11.5 Å². The van der Waals surface area contributed by atoms with E-state index in [1.54, 1.807) is 6.92 Å². The number of nitrogens with one attached hydrogen (secondary N) is 1. The summed E-state index contributed by atoms with van der Waals surface area (Å²) in [6.07, 6.45) is 4.40. The summed E-state index contributed by atoms with van der Waals surface area (Å²) in [5.41, 5.74) is 10.3. The van der Waals surface area contributed by atoms with Gasteiger partial charge >= 0.3 is 0 Å². The minimum absolute atomic E-state index is 0.0170. The van der Waals surface area contributed by atoms with E-state index in [1.807, 2.05) is 0 Å². The predicted molar refractivity (Wildman–Crippen MR) is 83.5 cm³/mol.